The molecule has 0 radical (unpaired) electrons. The Morgan fingerprint density at radius 3 is 2.73 bits per heavy atom. The van der Waals surface area contributed by atoms with Crippen molar-refractivity contribution in [2.45, 2.75) is 11.8 Å². The second kappa shape index (κ2) is 3.49. The Hall–Kier alpha value is -1.08. The van der Waals surface area contributed by atoms with Crippen molar-refractivity contribution in [3.8, 4) is 11.1 Å². The topological polar surface area (TPSA) is 0 Å². The lowest BCUT2D eigenvalue weighted by molar-refractivity contribution is 1.13. The summed E-state index contributed by atoms with van der Waals surface area (Å²) < 4.78 is 0. The molecule has 2 aromatic carbocycles. The molecule has 0 heterocycles. The first-order valence-electron chi connectivity index (χ1n) is 5.14. The second-order valence-electron chi connectivity index (χ2n) is 3.95. The molecular formula is C14H11Br. The van der Waals surface area contributed by atoms with E-state index < -0.39 is 0 Å². The van der Waals surface area contributed by atoms with Crippen molar-refractivity contribution in [3.63, 3.8) is 0 Å². The lowest BCUT2D eigenvalue weighted by atomic mass is 9.86. The third-order valence-corrected chi connectivity index (χ3v) is 3.66. The molecule has 3 rings (SSSR count). The third-order valence-electron chi connectivity index (χ3n) is 3.06. The molecule has 1 aliphatic carbocycles. The van der Waals surface area contributed by atoms with E-state index >= 15 is 0 Å². The van der Waals surface area contributed by atoms with E-state index in [9.17, 15) is 0 Å². The number of fused-ring (bicyclic) bond motifs is 4. The Morgan fingerprint density at radius 1 is 1.00 bits per heavy atom. The summed E-state index contributed by atoms with van der Waals surface area (Å²) in [7, 11) is 0. The Bertz CT molecular complexity index is 514. The molecule has 2 aromatic rings. The molecule has 0 spiro atoms. The van der Waals surface area contributed by atoms with Crippen molar-refractivity contribution >= 4 is 15.9 Å². The number of rotatable bonds is 1. The number of hydrogen-bond acceptors (Lipinski definition) is 0. The van der Waals surface area contributed by atoms with Gasteiger partial charge in [0.05, 0.1) is 0 Å². The molecule has 0 unspecified atom stereocenters. The molecule has 0 N–H and O–H groups in total. The fraction of sp³-hybridized carbons (Fsp3) is 0.143. The largest absolute Gasteiger partial charge is 0.0876 e. The first-order chi connectivity index (χ1) is 7.38. The second-order valence-corrected chi connectivity index (χ2v) is 4.51. The van der Waals surface area contributed by atoms with E-state index in [0.717, 1.165) is 11.8 Å². The van der Waals surface area contributed by atoms with Crippen molar-refractivity contribution < 1.29 is 0 Å². The van der Waals surface area contributed by atoms with Crippen LogP contribution >= 0.6 is 15.9 Å². The number of benzene rings is 2. The van der Waals surface area contributed by atoms with Crippen molar-refractivity contribution in [1.29, 1.82) is 0 Å². The van der Waals surface area contributed by atoms with Crippen LogP contribution in [0.3, 0.4) is 0 Å². The summed E-state index contributed by atoms with van der Waals surface area (Å²) in [5.41, 5.74) is 7.08. The molecule has 0 nitrogen and oxygen atoms in total. The molecule has 1 heteroatoms. The zero-order valence-corrected chi connectivity index (χ0v) is 9.92. The van der Waals surface area contributed by atoms with Gasteiger partial charge in [-0.1, -0.05) is 58.4 Å². The van der Waals surface area contributed by atoms with Crippen molar-refractivity contribution in [2.75, 3.05) is 0 Å². The van der Waals surface area contributed by atoms with E-state index in [0.29, 0.717) is 0 Å². The monoisotopic (exact) mass is 258 g/mol. The SMILES string of the molecule is BrCc1ccc2cc1Cc1ccccc1-2. The molecule has 0 aromatic heterocycles. The van der Waals surface area contributed by atoms with Gasteiger partial charge in [-0.25, -0.2) is 0 Å². The van der Waals surface area contributed by atoms with Gasteiger partial charge in [0.15, 0.2) is 0 Å². The highest BCUT2D eigenvalue weighted by Gasteiger charge is 2.14. The standard InChI is InChI=1S/C14H11Br/c15-9-12-6-5-11-8-13(12)7-10-3-1-2-4-14(10)11/h1-6,8H,7,9H2. The lowest BCUT2D eigenvalue weighted by Gasteiger charge is -2.19. The molecule has 74 valence electrons. The Balaban J connectivity index is 2.24. The summed E-state index contributed by atoms with van der Waals surface area (Å²) in [5, 5.41) is 0.949. The van der Waals surface area contributed by atoms with Gasteiger partial charge in [0, 0.05) is 5.33 Å². The Morgan fingerprint density at radius 2 is 1.87 bits per heavy atom. The van der Waals surface area contributed by atoms with Crippen LogP contribution in [0, 0.1) is 0 Å². The van der Waals surface area contributed by atoms with Crippen molar-refractivity contribution in [3.05, 3.63) is 59.2 Å². The van der Waals surface area contributed by atoms with Gasteiger partial charge in [-0.15, -0.1) is 0 Å². The van der Waals surface area contributed by atoms with Gasteiger partial charge >= 0.3 is 0 Å². The number of hydrogen-bond donors (Lipinski definition) is 0. The van der Waals surface area contributed by atoms with Crippen LogP contribution in [0.25, 0.3) is 11.1 Å². The lowest BCUT2D eigenvalue weighted by Crippen LogP contribution is -2.01. The third kappa shape index (κ3) is 1.42. The van der Waals surface area contributed by atoms with Crippen LogP contribution in [-0.2, 0) is 11.8 Å². The minimum absolute atomic E-state index is 0.949. The first kappa shape index (κ1) is 9.17. The molecule has 0 saturated carbocycles. The van der Waals surface area contributed by atoms with Gasteiger partial charge in [0.2, 0.25) is 0 Å². The molecule has 15 heavy (non-hydrogen) atoms. The summed E-state index contributed by atoms with van der Waals surface area (Å²) in [5.74, 6) is 0. The molecule has 0 amide bonds. The molecule has 1 aliphatic rings. The van der Waals surface area contributed by atoms with Gasteiger partial charge in [0.1, 0.15) is 0 Å². The molecule has 0 atom stereocenters. The molecule has 0 saturated heterocycles. The maximum atomic E-state index is 3.54. The molecule has 0 aliphatic heterocycles. The van der Waals surface area contributed by atoms with Crippen LogP contribution in [0.15, 0.2) is 42.5 Å². The average Bonchev–Trinajstić information content (AvgIpc) is 2.30. The van der Waals surface area contributed by atoms with E-state index in [1.165, 1.54) is 27.8 Å². The number of alkyl halides is 1. The van der Waals surface area contributed by atoms with E-state index in [1.807, 2.05) is 0 Å². The van der Waals surface area contributed by atoms with E-state index in [1.54, 1.807) is 0 Å². The van der Waals surface area contributed by atoms with E-state index in [2.05, 4.69) is 58.4 Å². The average molecular weight is 259 g/mol. The Kier molecular flexibility index (Phi) is 2.14. The summed E-state index contributed by atoms with van der Waals surface area (Å²) in [4.78, 5) is 0. The van der Waals surface area contributed by atoms with Crippen LogP contribution in [0.2, 0.25) is 0 Å². The highest BCUT2D eigenvalue weighted by Crippen LogP contribution is 2.33. The highest BCUT2D eigenvalue weighted by molar-refractivity contribution is 9.08. The summed E-state index contributed by atoms with van der Waals surface area (Å²) in [6.07, 6.45) is 1.07. The quantitative estimate of drug-likeness (QED) is 0.576. The van der Waals surface area contributed by atoms with Crippen LogP contribution in [0.4, 0.5) is 0 Å². The van der Waals surface area contributed by atoms with Gasteiger partial charge in [-0.05, 0) is 34.2 Å². The van der Waals surface area contributed by atoms with Crippen LogP contribution in [-0.4, -0.2) is 0 Å². The van der Waals surface area contributed by atoms with Gasteiger partial charge in [-0.3, -0.25) is 0 Å². The fourth-order valence-electron chi connectivity index (χ4n) is 2.25. The van der Waals surface area contributed by atoms with Crippen molar-refractivity contribution in [1.82, 2.24) is 0 Å². The summed E-state index contributed by atoms with van der Waals surface area (Å²) in [6, 6.07) is 15.4. The van der Waals surface area contributed by atoms with Crippen LogP contribution in [0.1, 0.15) is 16.7 Å². The van der Waals surface area contributed by atoms with E-state index in [-0.39, 0.29) is 0 Å². The smallest absolute Gasteiger partial charge is 0.0285 e. The molecule has 2 bridgehead atoms. The number of halogens is 1. The van der Waals surface area contributed by atoms with Crippen LogP contribution < -0.4 is 0 Å². The van der Waals surface area contributed by atoms with Gasteiger partial charge in [-0.2, -0.15) is 0 Å². The Labute approximate surface area is 98.1 Å². The predicted octanol–water partition coefficient (Wildman–Crippen LogP) is 4.15. The summed E-state index contributed by atoms with van der Waals surface area (Å²) >= 11 is 3.54. The zero-order chi connectivity index (χ0) is 10.3. The minimum Gasteiger partial charge on any atom is -0.0876 e. The first-order valence-corrected chi connectivity index (χ1v) is 6.26. The highest BCUT2D eigenvalue weighted by atomic mass is 79.9. The maximum Gasteiger partial charge on any atom is 0.0285 e. The normalized spacial score (nSPS) is 12.3. The molecule has 0 fully saturated rings. The van der Waals surface area contributed by atoms with Gasteiger partial charge < -0.3 is 0 Å². The van der Waals surface area contributed by atoms with E-state index in [4.69, 9.17) is 0 Å². The predicted molar refractivity (Wildman–Crippen MR) is 67.3 cm³/mol. The summed E-state index contributed by atoms with van der Waals surface area (Å²) in [6.45, 7) is 0. The molecular weight excluding hydrogens is 248 g/mol. The minimum atomic E-state index is 0.949. The van der Waals surface area contributed by atoms with Gasteiger partial charge in [0.25, 0.3) is 0 Å². The maximum absolute atomic E-state index is 3.54. The zero-order valence-electron chi connectivity index (χ0n) is 8.33. The van der Waals surface area contributed by atoms with Crippen molar-refractivity contribution in [2.24, 2.45) is 0 Å². The fourth-order valence-corrected chi connectivity index (χ4v) is 2.80. The van der Waals surface area contributed by atoms with Crippen LogP contribution in [0.5, 0.6) is 0 Å².